The molecule has 52 heavy (non-hydrogen) atoms. The second-order valence-corrected chi connectivity index (χ2v) is 14.0. The number of piperidine rings is 1. The number of aliphatic hydroxyl groups is 1. The van der Waals surface area contributed by atoms with Crippen LogP contribution in [0, 0.1) is 0 Å². The highest BCUT2D eigenvalue weighted by Crippen LogP contribution is 2.39. The topological polar surface area (TPSA) is 126 Å². The lowest BCUT2D eigenvalue weighted by Gasteiger charge is -2.39. The van der Waals surface area contributed by atoms with Crippen LogP contribution in [0.15, 0.2) is 97.1 Å². The average molecular weight is 705 g/mol. The first-order chi connectivity index (χ1) is 25.4. The van der Waals surface area contributed by atoms with Gasteiger partial charge < -0.3 is 35.8 Å². The van der Waals surface area contributed by atoms with E-state index < -0.39 is 6.29 Å². The van der Waals surface area contributed by atoms with Crippen molar-refractivity contribution in [1.82, 2.24) is 10.2 Å². The van der Waals surface area contributed by atoms with Crippen molar-refractivity contribution in [2.45, 2.75) is 89.4 Å². The number of amides is 2. The summed E-state index contributed by atoms with van der Waals surface area (Å²) >= 11 is 0. The molecule has 0 aromatic heterocycles. The van der Waals surface area contributed by atoms with Gasteiger partial charge in [-0.3, -0.25) is 9.59 Å². The standard InChI is InChI=1S/C43H52N4O5/c44-38-15-5-6-16-39(38)46-42(50)18-4-1-3-17-41(49)45-28-32-11-9-12-34(25-32)35-13-10-14-36(26-35)43-51-37(29-47-23-7-2-8-24-47)27-40(52-43)33-21-19-31(30-48)20-22-33/h5-6,9-16,19-22,25-26,37,40,43,48H,1-4,7-8,17-18,23-24,27-30,44H2,(H,45,49)(H,46,50). The van der Waals surface area contributed by atoms with Crippen LogP contribution >= 0.6 is 0 Å². The summed E-state index contributed by atoms with van der Waals surface area (Å²) in [5.41, 5.74) is 13.2. The van der Waals surface area contributed by atoms with Gasteiger partial charge in [-0.1, -0.05) is 85.6 Å². The number of likely N-dealkylation sites (tertiary alicyclic amines) is 1. The first-order valence-electron chi connectivity index (χ1n) is 18.8. The lowest BCUT2D eigenvalue weighted by Crippen LogP contribution is -2.41. The molecule has 2 aliphatic rings. The van der Waals surface area contributed by atoms with Gasteiger partial charge in [0.25, 0.3) is 0 Å². The number of nitrogens with two attached hydrogens (primary N) is 1. The summed E-state index contributed by atoms with van der Waals surface area (Å²) in [6, 6.07) is 31.9. The van der Waals surface area contributed by atoms with Crippen molar-refractivity contribution < 1.29 is 24.2 Å². The number of carbonyl (C=O) groups excluding carboxylic acids is 2. The molecule has 2 heterocycles. The zero-order valence-electron chi connectivity index (χ0n) is 30.0. The van der Waals surface area contributed by atoms with Gasteiger partial charge >= 0.3 is 0 Å². The molecular formula is C43H52N4O5. The minimum absolute atomic E-state index is 0.000157. The molecule has 3 unspecified atom stereocenters. The molecule has 0 spiro atoms. The minimum atomic E-state index is -0.509. The molecule has 4 aromatic carbocycles. The van der Waals surface area contributed by atoms with Crippen LogP contribution in [-0.2, 0) is 32.2 Å². The molecule has 2 amide bonds. The lowest BCUT2D eigenvalue weighted by atomic mass is 9.98. The SMILES string of the molecule is Nc1ccccc1NC(=O)CCCCCC(=O)NCc1cccc(-c2cccc(C3OC(CN4CCCCC4)CC(c4ccc(CO)cc4)O3)c2)c1. The highest BCUT2D eigenvalue weighted by atomic mass is 16.7. The maximum atomic E-state index is 12.6. The predicted molar refractivity (Wildman–Crippen MR) is 205 cm³/mol. The van der Waals surface area contributed by atoms with Crippen LogP contribution in [-0.4, -0.2) is 47.6 Å². The number of benzene rings is 4. The zero-order chi connectivity index (χ0) is 36.1. The molecule has 4 aromatic rings. The molecule has 2 aliphatic heterocycles. The third kappa shape index (κ3) is 10.7. The Hall–Kier alpha value is -4.54. The Morgan fingerprint density at radius 1 is 0.750 bits per heavy atom. The number of hydrogen-bond acceptors (Lipinski definition) is 7. The Balaban J connectivity index is 1.02. The second kappa shape index (κ2) is 18.8. The maximum Gasteiger partial charge on any atom is 0.224 e. The van der Waals surface area contributed by atoms with Crippen LogP contribution in [0.1, 0.15) is 92.4 Å². The molecule has 9 nitrogen and oxygen atoms in total. The average Bonchev–Trinajstić information content (AvgIpc) is 3.18. The van der Waals surface area contributed by atoms with Crippen molar-refractivity contribution in [3.05, 3.63) is 119 Å². The van der Waals surface area contributed by atoms with Gasteiger partial charge in [0.05, 0.1) is 30.2 Å². The Morgan fingerprint density at radius 2 is 1.48 bits per heavy atom. The third-order valence-electron chi connectivity index (χ3n) is 9.98. The van der Waals surface area contributed by atoms with E-state index in [1.54, 1.807) is 12.1 Å². The summed E-state index contributed by atoms with van der Waals surface area (Å²) in [5, 5.41) is 15.5. The van der Waals surface area contributed by atoms with Gasteiger partial charge in [-0.25, -0.2) is 0 Å². The third-order valence-corrected chi connectivity index (χ3v) is 9.98. The molecule has 9 heteroatoms. The van der Waals surface area contributed by atoms with Crippen molar-refractivity contribution in [3.63, 3.8) is 0 Å². The van der Waals surface area contributed by atoms with Crippen LogP contribution < -0.4 is 16.4 Å². The monoisotopic (exact) mass is 704 g/mol. The molecule has 5 N–H and O–H groups in total. The fourth-order valence-electron chi connectivity index (χ4n) is 7.05. The molecule has 3 atom stereocenters. The first-order valence-corrected chi connectivity index (χ1v) is 18.8. The van der Waals surface area contributed by atoms with Gasteiger partial charge in [0.15, 0.2) is 6.29 Å². The van der Waals surface area contributed by atoms with E-state index in [2.05, 4.69) is 58.0 Å². The van der Waals surface area contributed by atoms with Crippen LogP contribution in [0.25, 0.3) is 11.1 Å². The summed E-state index contributed by atoms with van der Waals surface area (Å²) in [6.45, 7) is 3.57. The van der Waals surface area contributed by atoms with Gasteiger partial charge in [-0.05, 0) is 90.9 Å². The van der Waals surface area contributed by atoms with Crippen molar-refractivity contribution >= 4 is 23.2 Å². The van der Waals surface area contributed by atoms with Gasteiger partial charge in [0.1, 0.15) is 0 Å². The number of carbonyl (C=O) groups is 2. The van der Waals surface area contributed by atoms with E-state index >= 15 is 0 Å². The Morgan fingerprint density at radius 3 is 2.25 bits per heavy atom. The second-order valence-electron chi connectivity index (χ2n) is 14.0. The van der Waals surface area contributed by atoms with Crippen LogP contribution in [0.4, 0.5) is 11.4 Å². The largest absolute Gasteiger partial charge is 0.397 e. The highest BCUT2D eigenvalue weighted by Gasteiger charge is 2.33. The van der Waals surface area contributed by atoms with Crippen LogP contribution in [0.3, 0.4) is 0 Å². The molecule has 274 valence electrons. The molecule has 0 saturated carbocycles. The number of nitrogen functional groups attached to an aromatic ring is 1. The number of aliphatic hydroxyl groups excluding tert-OH is 1. The smallest absolute Gasteiger partial charge is 0.224 e. The van der Waals surface area contributed by atoms with E-state index in [1.807, 2.05) is 42.5 Å². The molecule has 2 saturated heterocycles. The van der Waals surface area contributed by atoms with E-state index in [0.717, 1.165) is 72.3 Å². The summed E-state index contributed by atoms with van der Waals surface area (Å²) < 4.78 is 13.3. The number of anilines is 2. The normalized spacial score (nSPS) is 19.2. The Kier molecular flexibility index (Phi) is 13.5. The molecule has 6 rings (SSSR count). The summed E-state index contributed by atoms with van der Waals surface area (Å²) in [6.07, 6.45) is 6.99. The molecular weight excluding hydrogens is 652 g/mol. The number of nitrogens with one attached hydrogen (secondary N) is 2. The number of unbranched alkanes of at least 4 members (excludes halogenated alkanes) is 2. The Bertz CT molecular complexity index is 1760. The van der Waals surface area contributed by atoms with Crippen molar-refractivity contribution in [2.24, 2.45) is 0 Å². The zero-order valence-corrected chi connectivity index (χ0v) is 30.0. The number of rotatable bonds is 15. The number of ether oxygens (including phenoxy) is 2. The number of hydrogen-bond donors (Lipinski definition) is 4. The van der Waals surface area contributed by atoms with Crippen LogP contribution in [0.5, 0.6) is 0 Å². The molecule has 0 aliphatic carbocycles. The van der Waals surface area contributed by atoms with Gasteiger partial charge in [0.2, 0.25) is 11.8 Å². The Labute approximate surface area is 307 Å². The fourth-order valence-corrected chi connectivity index (χ4v) is 7.05. The van der Waals surface area contributed by atoms with Gasteiger partial charge in [0, 0.05) is 37.9 Å². The van der Waals surface area contributed by atoms with Crippen molar-refractivity contribution in [3.8, 4) is 11.1 Å². The van der Waals surface area contributed by atoms with Gasteiger partial charge in [-0.15, -0.1) is 0 Å². The van der Waals surface area contributed by atoms with E-state index in [1.165, 1.54) is 19.3 Å². The van der Waals surface area contributed by atoms with Crippen molar-refractivity contribution in [1.29, 1.82) is 0 Å². The maximum absolute atomic E-state index is 12.6. The van der Waals surface area contributed by atoms with E-state index in [0.29, 0.717) is 37.2 Å². The number of nitrogens with zero attached hydrogens (tertiary/aromatic N) is 1. The van der Waals surface area contributed by atoms with Gasteiger partial charge in [-0.2, -0.15) is 0 Å². The molecule has 0 radical (unpaired) electrons. The van der Waals surface area contributed by atoms with E-state index in [9.17, 15) is 14.7 Å². The first kappa shape index (κ1) is 37.2. The van der Waals surface area contributed by atoms with E-state index in [-0.39, 0.29) is 30.6 Å². The quantitative estimate of drug-likeness (QED) is 0.0740. The number of para-hydroxylation sites is 2. The van der Waals surface area contributed by atoms with E-state index in [4.69, 9.17) is 15.2 Å². The summed E-state index contributed by atoms with van der Waals surface area (Å²) in [7, 11) is 0. The highest BCUT2D eigenvalue weighted by molar-refractivity contribution is 5.93. The summed E-state index contributed by atoms with van der Waals surface area (Å²) in [4.78, 5) is 27.4. The van der Waals surface area contributed by atoms with Crippen LogP contribution in [0.2, 0.25) is 0 Å². The minimum Gasteiger partial charge on any atom is -0.397 e. The lowest BCUT2D eigenvalue weighted by molar-refractivity contribution is -0.253. The fraction of sp³-hybridized carbons (Fsp3) is 0.395. The summed E-state index contributed by atoms with van der Waals surface area (Å²) in [5.74, 6) is -0.0712. The van der Waals surface area contributed by atoms with Crippen molar-refractivity contribution in [2.75, 3.05) is 30.7 Å². The molecule has 2 fully saturated rings. The molecule has 0 bridgehead atoms. The predicted octanol–water partition coefficient (Wildman–Crippen LogP) is 7.66.